The minimum Gasteiger partial charge on any atom is -0.454 e. The van der Waals surface area contributed by atoms with E-state index >= 15 is 0 Å². The van der Waals surface area contributed by atoms with Crippen LogP contribution >= 0.6 is 23.1 Å². The Balaban J connectivity index is 1.82. The fourth-order valence-corrected chi connectivity index (χ4v) is 3.90. The van der Waals surface area contributed by atoms with Gasteiger partial charge in [0.2, 0.25) is 0 Å². The summed E-state index contributed by atoms with van der Waals surface area (Å²) in [4.78, 5) is 27.1. The lowest BCUT2D eigenvalue weighted by Crippen LogP contribution is -2.10. The van der Waals surface area contributed by atoms with Gasteiger partial charge in [0.15, 0.2) is 12.4 Å². The second-order valence-electron chi connectivity index (χ2n) is 5.12. The Bertz CT molecular complexity index is 924. The second-order valence-corrected chi connectivity index (χ2v) is 7.12. The molecule has 0 spiro atoms. The van der Waals surface area contributed by atoms with Crippen molar-refractivity contribution in [2.45, 2.75) is 25.5 Å². The predicted molar refractivity (Wildman–Crippen MR) is 96.4 cm³/mol. The van der Waals surface area contributed by atoms with Crippen LogP contribution in [0.1, 0.15) is 26.6 Å². The molecule has 0 aliphatic heterocycles. The number of carbonyl (C=O) groups excluding carboxylic acids is 1. The molecule has 124 valence electrons. The average molecular weight is 360 g/mol. The summed E-state index contributed by atoms with van der Waals surface area (Å²) in [5, 5.41) is 1.51. The number of aromatic nitrogens is 3. The van der Waals surface area contributed by atoms with Crippen LogP contribution in [0.15, 0.2) is 23.4 Å². The quantitative estimate of drug-likeness (QED) is 0.563. The molecule has 8 heteroatoms. The maximum atomic E-state index is 12.2. The number of esters is 1. The molecule has 2 N–H and O–H groups in total. The largest absolute Gasteiger partial charge is 0.454 e. The van der Waals surface area contributed by atoms with Gasteiger partial charge >= 0.3 is 5.97 Å². The molecule has 24 heavy (non-hydrogen) atoms. The summed E-state index contributed by atoms with van der Waals surface area (Å²) in [5.41, 5.74) is 7.56. The van der Waals surface area contributed by atoms with Crippen LogP contribution in [0.4, 0.5) is 5.82 Å². The van der Waals surface area contributed by atoms with Crippen LogP contribution < -0.4 is 5.73 Å². The summed E-state index contributed by atoms with van der Waals surface area (Å²) >= 11 is 2.95. The molecule has 0 aromatic carbocycles. The summed E-state index contributed by atoms with van der Waals surface area (Å²) < 4.78 is 5.33. The van der Waals surface area contributed by atoms with E-state index in [1.54, 1.807) is 29.7 Å². The summed E-state index contributed by atoms with van der Waals surface area (Å²) in [6, 6.07) is 3.39. The van der Waals surface area contributed by atoms with E-state index in [4.69, 9.17) is 10.5 Å². The number of carbonyl (C=O) groups is 1. The first-order valence-electron chi connectivity index (χ1n) is 7.19. The highest BCUT2D eigenvalue weighted by Gasteiger charge is 2.16. The summed E-state index contributed by atoms with van der Waals surface area (Å²) in [7, 11) is 0. The number of fused-ring (bicyclic) bond motifs is 1. The molecule has 0 unspecified atom stereocenters. The highest BCUT2D eigenvalue weighted by atomic mass is 32.2. The molecule has 0 amide bonds. The van der Waals surface area contributed by atoms with Crippen molar-refractivity contribution in [1.29, 1.82) is 0 Å². The van der Waals surface area contributed by atoms with Gasteiger partial charge in [-0.15, -0.1) is 23.1 Å². The van der Waals surface area contributed by atoms with Crippen LogP contribution in [-0.2, 0) is 11.3 Å². The molecule has 0 bridgehead atoms. The van der Waals surface area contributed by atoms with Crippen molar-refractivity contribution >= 4 is 45.1 Å². The number of anilines is 1. The Labute approximate surface area is 147 Å². The molecule has 3 aromatic heterocycles. The number of nitrogen functional groups attached to an aromatic ring is 1. The highest BCUT2D eigenvalue weighted by Crippen LogP contribution is 2.31. The molecule has 3 heterocycles. The molecule has 0 radical (unpaired) electrons. The molecule has 3 aromatic rings. The standard InChI is InChI=1S/C16H16N4O2S2/c1-8-9(2)24-15-12(8)13(17)19-11(20-15)7-22-16(21)10-5-4-6-18-14(10)23-3/h4-6H,7H2,1-3H3,(H2,17,19,20). The Morgan fingerprint density at radius 1 is 1.38 bits per heavy atom. The summed E-state index contributed by atoms with van der Waals surface area (Å²) in [5.74, 6) is 0.358. The zero-order valence-electron chi connectivity index (χ0n) is 13.5. The second kappa shape index (κ2) is 6.74. The Kier molecular flexibility index (Phi) is 4.68. The van der Waals surface area contributed by atoms with Crippen molar-refractivity contribution in [3.05, 3.63) is 40.2 Å². The zero-order valence-corrected chi connectivity index (χ0v) is 15.1. The van der Waals surface area contributed by atoms with E-state index in [9.17, 15) is 4.79 Å². The number of hydrogen-bond acceptors (Lipinski definition) is 8. The number of aryl methyl sites for hydroxylation is 2. The minimum atomic E-state index is -0.451. The van der Waals surface area contributed by atoms with Crippen LogP contribution in [0.25, 0.3) is 10.2 Å². The van der Waals surface area contributed by atoms with Gasteiger partial charge in [-0.25, -0.2) is 19.7 Å². The maximum absolute atomic E-state index is 12.2. The van der Waals surface area contributed by atoms with Crippen molar-refractivity contribution in [3.63, 3.8) is 0 Å². The summed E-state index contributed by atoms with van der Waals surface area (Å²) in [6.45, 7) is 3.99. The molecular weight excluding hydrogens is 344 g/mol. The van der Waals surface area contributed by atoms with Gasteiger partial charge in [0.05, 0.1) is 10.9 Å². The Hall–Kier alpha value is -2.19. The number of ether oxygens (including phenoxy) is 1. The van der Waals surface area contributed by atoms with E-state index < -0.39 is 5.97 Å². The van der Waals surface area contributed by atoms with E-state index in [0.29, 0.717) is 22.2 Å². The van der Waals surface area contributed by atoms with Gasteiger partial charge in [-0.3, -0.25) is 0 Å². The van der Waals surface area contributed by atoms with Gasteiger partial charge in [-0.05, 0) is 37.8 Å². The Morgan fingerprint density at radius 2 is 2.17 bits per heavy atom. The van der Waals surface area contributed by atoms with Crippen molar-refractivity contribution in [3.8, 4) is 0 Å². The van der Waals surface area contributed by atoms with Crippen molar-refractivity contribution < 1.29 is 9.53 Å². The summed E-state index contributed by atoms with van der Waals surface area (Å²) in [6.07, 6.45) is 3.50. The Morgan fingerprint density at radius 3 is 2.92 bits per heavy atom. The first-order chi connectivity index (χ1) is 11.5. The van der Waals surface area contributed by atoms with Crippen LogP contribution in [-0.4, -0.2) is 27.2 Å². The smallest absolute Gasteiger partial charge is 0.341 e. The zero-order chi connectivity index (χ0) is 17.3. The average Bonchev–Trinajstić information content (AvgIpc) is 2.87. The predicted octanol–water partition coefficient (Wildman–Crippen LogP) is 3.36. The number of rotatable bonds is 4. The monoisotopic (exact) mass is 360 g/mol. The van der Waals surface area contributed by atoms with E-state index in [-0.39, 0.29) is 6.61 Å². The number of hydrogen-bond donors (Lipinski definition) is 1. The molecule has 0 saturated heterocycles. The topological polar surface area (TPSA) is 91.0 Å². The molecule has 3 rings (SSSR count). The maximum Gasteiger partial charge on any atom is 0.341 e. The van der Waals surface area contributed by atoms with E-state index in [0.717, 1.165) is 20.7 Å². The molecular formula is C16H16N4O2S2. The first-order valence-corrected chi connectivity index (χ1v) is 9.23. The third-order valence-corrected chi connectivity index (χ3v) is 5.43. The molecule has 0 aliphatic rings. The van der Waals surface area contributed by atoms with Gasteiger partial charge in [-0.2, -0.15) is 0 Å². The molecule has 6 nitrogen and oxygen atoms in total. The molecule has 0 atom stereocenters. The SMILES string of the molecule is CSc1ncccc1C(=O)OCc1nc(N)c2c(C)c(C)sc2n1. The molecule has 0 aliphatic carbocycles. The number of nitrogens with zero attached hydrogens (tertiary/aromatic N) is 3. The van der Waals surface area contributed by atoms with Crippen molar-refractivity contribution in [2.24, 2.45) is 0 Å². The van der Waals surface area contributed by atoms with Crippen LogP contribution in [0.2, 0.25) is 0 Å². The van der Waals surface area contributed by atoms with Gasteiger partial charge in [-0.1, -0.05) is 0 Å². The fourth-order valence-electron chi connectivity index (χ4n) is 2.31. The van der Waals surface area contributed by atoms with E-state index in [2.05, 4.69) is 15.0 Å². The lowest BCUT2D eigenvalue weighted by molar-refractivity contribution is 0.0457. The van der Waals surface area contributed by atoms with Crippen molar-refractivity contribution in [2.75, 3.05) is 12.0 Å². The lowest BCUT2D eigenvalue weighted by atomic mass is 10.2. The van der Waals surface area contributed by atoms with Crippen LogP contribution in [0.3, 0.4) is 0 Å². The van der Waals surface area contributed by atoms with Crippen LogP contribution in [0, 0.1) is 13.8 Å². The van der Waals surface area contributed by atoms with Crippen LogP contribution in [0.5, 0.6) is 0 Å². The fraction of sp³-hybridized carbons (Fsp3) is 0.250. The molecule has 0 fully saturated rings. The number of nitrogens with two attached hydrogens (primary N) is 1. The number of pyridine rings is 1. The minimum absolute atomic E-state index is 0.0301. The third-order valence-electron chi connectivity index (χ3n) is 3.62. The normalized spacial score (nSPS) is 11.0. The highest BCUT2D eigenvalue weighted by molar-refractivity contribution is 7.98. The van der Waals surface area contributed by atoms with Gasteiger partial charge in [0.25, 0.3) is 0 Å². The first kappa shape index (κ1) is 16.7. The van der Waals surface area contributed by atoms with E-state index in [1.807, 2.05) is 20.1 Å². The molecule has 0 saturated carbocycles. The lowest BCUT2D eigenvalue weighted by Gasteiger charge is -2.07. The van der Waals surface area contributed by atoms with E-state index in [1.165, 1.54) is 11.8 Å². The number of thiophene rings is 1. The van der Waals surface area contributed by atoms with Gasteiger partial charge in [0.1, 0.15) is 15.7 Å². The van der Waals surface area contributed by atoms with Crippen molar-refractivity contribution in [1.82, 2.24) is 15.0 Å². The van der Waals surface area contributed by atoms with Gasteiger partial charge < -0.3 is 10.5 Å². The van der Waals surface area contributed by atoms with Gasteiger partial charge in [0, 0.05) is 11.1 Å². The third kappa shape index (κ3) is 3.07. The number of thioether (sulfide) groups is 1.